The summed E-state index contributed by atoms with van der Waals surface area (Å²) >= 11 is 0. The molecule has 1 unspecified atom stereocenters. The molecule has 6 nitrogen and oxygen atoms in total. The molecule has 0 radical (unpaired) electrons. The van der Waals surface area contributed by atoms with Crippen LogP contribution in [-0.4, -0.2) is 47.3 Å². The zero-order valence-corrected chi connectivity index (χ0v) is 13.6. The lowest BCUT2D eigenvalue weighted by Gasteiger charge is -2.36. The summed E-state index contributed by atoms with van der Waals surface area (Å²) in [7, 11) is 3.59. The molecule has 6 heteroatoms. The van der Waals surface area contributed by atoms with Crippen LogP contribution in [0.1, 0.15) is 27.5 Å². The summed E-state index contributed by atoms with van der Waals surface area (Å²) in [6.07, 6.45) is 3.97. The molecule has 0 saturated carbocycles. The van der Waals surface area contributed by atoms with Gasteiger partial charge in [-0.15, -0.1) is 0 Å². The van der Waals surface area contributed by atoms with E-state index in [0.29, 0.717) is 5.56 Å². The van der Waals surface area contributed by atoms with Crippen LogP contribution < -0.4 is 10.6 Å². The Bertz CT molecular complexity index is 681. The number of nitrogens with zero attached hydrogens (tertiary/aromatic N) is 3. The predicted molar refractivity (Wildman–Crippen MR) is 89.1 cm³/mol. The van der Waals surface area contributed by atoms with Gasteiger partial charge in [-0.1, -0.05) is 12.1 Å². The molecule has 0 aliphatic carbocycles. The smallest absolute Gasteiger partial charge is 0.251 e. The molecule has 1 fully saturated rings. The van der Waals surface area contributed by atoms with Crippen molar-refractivity contribution in [1.29, 1.82) is 0 Å². The van der Waals surface area contributed by atoms with E-state index < -0.39 is 0 Å². The van der Waals surface area contributed by atoms with Gasteiger partial charge < -0.3 is 10.6 Å². The molecule has 0 bridgehead atoms. The van der Waals surface area contributed by atoms with E-state index in [1.54, 1.807) is 7.05 Å². The Labute approximate surface area is 136 Å². The molecular weight excluding hydrogens is 290 g/mol. The van der Waals surface area contributed by atoms with Crippen molar-refractivity contribution in [1.82, 2.24) is 25.3 Å². The first-order valence-electron chi connectivity index (χ1n) is 7.91. The zero-order valence-electron chi connectivity index (χ0n) is 13.6. The number of aryl methyl sites for hydroxylation is 1. The molecule has 1 aromatic carbocycles. The molecule has 1 atom stereocenters. The third-order valence-corrected chi connectivity index (χ3v) is 4.26. The Morgan fingerprint density at radius 3 is 3.09 bits per heavy atom. The minimum atomic E-state index is -0.0468. The quantitative estimate of drug-likeness (QED) is 0.881. The Hall–Kier alpha value is -2.18. The van der Waals surface area contributed by atoms with Crippen molar-refractivity contribution in [2.45, 2.75) is 12.6 Å². The Morgan fingerprint density at radius 1 is 1.48 bits per heavy atom. The molecule has 2 heterocycles. The molecule has 0 spiro atoms. The first kappa shape index (κ1) is 15.7. The largest absolute Gasteiger partial charge is 0.355 e. The minimum Gasteiger partial charge on any atom is -0.355 e. The summed E-state index contributed by atoms with van der Waals surface area (Å²) in [6, 6.07) is 8.15. The second kappa shape index (κ2) is 6.93. The summed E-state index contributed by atoms with van der Waals surface area (Å²) in [5.74, 6) is -0.0468. The highest BCUT2D eigenvalue weighted by atomic mass is 16.1. The monoisotopic (exact) mass is 313 g/mol. The van der Waals surface area contributed by atoms with Gasteiger partial charge in [0.2, 0.25) is 0 Å². The van der Waals surface area contributed by atoms with Crippen LogP contribution in [0.4, 0.5) is 0 Å². The van der Waals surface area contributed by atoms with Crippen molar-refractivity contribution in [3.8, 4) is 0 Å². The number of piperazine rings is 1. The molecule has 122 valence electrons. The van der Waals surface area contributed by atoms with Crippen LogP contribution in [-0.2, 0) is 13.6 Å². The summed E-state index contributed by atoms with van der Waals surface area (Å²) < 4.78 is 1.83. The van der Waals surface area contributed by atoms with Gasteiger partial charge in [0.05, 0.1) is 6.20 Å². The molecule has 2 aromatic rings. The first-order valence-corrected chi connectivity index (χ1v) is 7.91. The third kappa shape index (κ3) is 3.60. The Morgan fingerprint density at radius 2 is 2.35 bits per heavy atom. The molecular formula is C17H23N5O. The van der Waals surface area contributed by atoms with Gasteiger partial charge in [-0.05, 0) is 17.7 Å². The van der Waals surface area contributed by atoms with E-state index in [2.05, 4.69) is 32.9 Å². The summed E-state index contributed by atoms with van der Waals surface area (Å²) in [4.78, 5) is 14.3. The molecule has 1 aliphatic heterocycles. The van der Waals surface area contributed by atoms with E-state index in [0.717, 1.165) is 26.2 Å². The first-order chi connectivity index (χ1) is 11.2. The maximum atomic E-state index is 11.9. The predicted octanol–water partition coefficient (Wildman–Crippen LogP) is 0.926. The van der Waals surface area contributed by atoms with E-state index in [-0.39, 0.29) is 11.9 Å². The second-order valence-electron chi connectivity index (χ2n) is 5.92. The number of hydrogen-bond donors (Lipinski definition) is 2. The van der Waals surface area contributed by atoms with Crippen LogP contribution >= 0.6 is 0 Å². The number of nitrogens with one attached hydrogen (secondary N) is 2. The molecule has 1 amide bonds. The second-order valence-corrected chi connectivity index (χ2v) is 5.92. The number of aromatic nitrogens is 2. The number of benzene rings is 1. The average Bonchev–Trinajstić information content (AvgIpc) is 2.99. The van der Waals surface area contributed by atoms with Crippen molar-refractivity contribution in [3.63, 3.8) is 0 Å². The van der Waals surface area contributed by atoms with Gasteiger partial charge in [0.15, 0.2) is 0 Å². The maximum absolute atomic E-state index is 11.9. The SMILES string of the molecule is CNC(=O)c1cccc(C2CNCCN2Cc2cnn(C)c2)c1. The normalized spacial score (nSPS) is 18.8. The van der Waals surface area contributed by atoms with Gasteiger partial charge >= 0.3 is 0 Å². The molecule has 1 saturated heterocycles. The lowest BCUT2D eigenvalue weighted by Crippen LogP contribution is -2.45. The molecule has 1 aliphatic rings. The molecule has 2 N–H and O–H groups in total. The van der Waals surface area contributed by atoms with Gasteiger partial charge in [0, 0.05) is 63.6 Å². The Balaban J connectivity index is 1.82. The minimum absolute atomic E-state index is 0.0468. The average molecular weight is 313 g/mol. The lowest BCUT2D eigenvalue weighted by atomic mass is 10.00. The van der Waals surface area contributed by atoms with E-state index in [1.165, 1.54) is 11.1 Å². The highest BCUT2D eigenvalue weighted by molar-refractivity contribution is 5.94. The van der Waals surface area contributed by atoms with Crippen LogP contribution in [0.15, 0.2) is 36.7 Å². The maximum Gasteiger partial charge on any atom is 0.251 e. The van der Waals surface area contributed by atoms with Crippen LogP contribution in [0, 0.1) is 0 Å². The van der Waals surface area contributed by atoms with Crippen LogP contribution in [0.2, 0.25) is 0 Å². The molecule has 1 aromatic heterocycles. The van der Waals surface area contributed by atoms with Crippen molar-refractivity contribution < 1.29 is 4.79 Å². The van der Waals surface area contributed by atoms with E-state index >= 15 is 0 Å². The van der Waals surface area contributed by atoms with Crippen molar-refractivity contribution in [2.24, 2.45) is 7.05 Å². The topological polar surface area (TPSA) is 62.2 Å². The zero-order chi connectivity index (χ0) is 16.2. The molecule has 23 heavy (non-hydrogen) atoms. The van der Waals surface area contributed by atoms with Gasteiger partial charge in [0.25, 0.3) is 5.91 Å². The number of rotatable bonds is 4. The van der Waals surface area contributed by atoms with Crippen LogP contribution in [0.3, 0.4) is 0 Å². The number of carbonyl (C=O) groups excluding carboxylic acids is 1. The fourth-order valence-electron chi connectivity index (χ4n) is 3.08. The Kier molecular flexibility index (Phi) is 4.73. The number of carbonyl (C=O) groups is 1. The highest BCUT2D eigenvalue weighted by Gasteiger charge is 2.24. The third-order valence-electron chi connectivity index (χ3n) is 4.26. The van der Waals surface area contributed by atoms with Gasteiger partial charge in [0.1, 0.15) is 0 Å². The van der Waals surface area contributed by atoms with Gasteiger partial charge in [-0.25, -0.2) is 0 Å². The summed E-state index contributed by atoms with van der Waals surface area (Å²) in [5, 5.41) is 10.4. The molecule has 3 rings (SSSR count). The fourth-order valence-corrected chi connectivity index (χ4v) is 3.08. The highest BCUT2D eigenvalue weighted by Crippen LogP contribution is 2.25. The van der Waals surface area contributed by atoms with Gasteiger partial charge in [-0.3, -0.25) is 14.4 Å². The van der Waals surface area contributed by atoms with Crippen molar-refractivity contribution in [2.75, 3.05) is 26.7 Å². The summed E-state index contributed by atoms with van der Waals surface area (Å²) in [6.45, 7) is 3.71. The standard InChI is InChI=1S/C17H23N5O/c1-18-17(23)15-5-3-4-14(8-15)16-10-19-6-7-22(16)12-13-9-20-21(2)11-13/h3-5,8-9,11,16,19H,6-7,10,12H2,1-2H3,(H,18,23). The fraction of sp³-hybridized carbons (Fsp3) is 0.412. The van der Waals surface area contributed by atoms with E-state index in [4.69, 9.17) is 0 Å². The van der Waals surface area contributed by atoms with Gasteiger partial charge in [-0.2, -0.15) is 5.10 Å². The van der Waals surface area contributed by atoms with Crippen molar-refractivity contribution >= 4 is 5.91 Å². The van der Waals surface area contributed by atoms with Crippen LogP contribution in [0.5, 0.6) is 0 Å². The summed E-state index contributed by atoms with van der Waals surface area (Å²) in [5.41, 5.74) is 3.08. The lowest BCUT2D eigenvalue weighted by molar-refractivity contribution is 0.0962. The van der Waals surface area contributed by atoms with E-state index in [9.17, 15) is 4.79 Å². The number of amides is 1. The number of hydrogen-bond acceptors (Lipinski definition) is 4. The van der Waals surface area contributed by atoms with Crippen molar-refractivity contribution in [3.05, 3.63) is 53.3 Å². The van der Waals surface area contributed by atoms with Crippen LogP contribution in [0.25, 0.3) is 0 Å². The van der Waals surface area contributed by atoms with E-state index in [1.807, 2.05) is 36.1 Å².